The number of likely N-dealkylation sites (tertiary alicyclic amines) is 1. The second kappa shape index (κ2) is 7.31. The Morgan fingerprint density at radius 1 is 1.36 bits per heavy atom. The number of carbonyl (C=O) groups excluding carboxylic acids is 1. The number of hydrogen-bond donors (Lipinski definition) is 1. The van der Waals surface area contributed by atoms with Crippen LogP contribution in [0.25, 0.3) is 0 Å². The molecule has 0 aliphatic carbocycles. The largest absolute Gasteiger partial charge is 0.497 e. The summed E-state index contributed by atoms with van der Waals surface area (Å²) < 4.78 is 16.3. The van der Waals surface area contributed by atoms with Gasteiger partial charge in [-0.3, -0.25) is 9.59 Å². The molecule has 1 saturated heterocycles. The number of fused-ring (bicyclic) bond motifs is 1. The van der Waals surface area contributed by atoms with Crippen LogP contribution < -0.4 is 9.47 Å². The highest BCUT2D eigenvalue weighted by molar-refractivity contribution is 5.81. The molecule has 2 aliphatic rings. The third kappa shape index (κ3) is 3.71. The molecule has 0 bridgehead atoms. The predicted octanol–water partition coefficient (Wildman–Crippen LogP) is 1.34. The maximum Gasteiger partial charge on any atom is 0.305 e. The minimum absolute atomic E-state index is 0.0659. The molecule has 3 rings (SSSR count). The number of carboxylic acids is 1. The minimum Gasteiger partial charge on any atom is -0.497 e. The first-order valence-corrected chi connectivity index (χ1v) is 8.36. The minimum atomic E-state index is -0.908. The molecule has 7 nitrogen and oxygen atoms in total. The zero-order valence-corrected chi connectivity index (χ0v) is 14.4. The molecule has 0 radical (unpaired) electrons. The number of ether oxygens (including phenoxy) is 3. The van der Waals surface area contributed by atoms with Crippen molar-refractivity contribution in [1.29, 1.82) is 0 Å². The Labute approximate surface area is 146 Å². The van der Waals surface area contributed by atoms with Gasteiger partial charge in [-0.1, -0.05) is 0 Å². The Balaban J connectivity index is 1.74. The zero-order chi connectivity index (χ0) is 18.0. The lowest BCUT2D eigenvalue weighted by Crippen LogP contribution is -2.44. The first kappa shape index (κ1) is 17.5. The van der Waals surface area contributed by atoms with Crippen LogP contribution in [0.3, 0.4) is 0 Å². The second-order valence-electron chi connectivity index (χ2n) is 6.52. The first-order chi connectivity index (χ1) is 12.0. The Morgan fingerprint density at radius 2 is 2.16 bits per heavy atom. The Hall–Kier alpha value is -2.28. The van der Waals surface area contributed by atoms with Gasteiger partial charge in [0.25, 0.3) is 0 Å². The van der Waals surface area contributed by atoms with Gasteiger partial charge in [0, 0.05) is 19.7 Å². The van der Waals surface area contributed by atoms with Crippen molar-refractivity contribution in [1.82, 2.24) is 4.90 Å². The van der Waals surface area contributed by atoms with Gasteiger partial charge in [0.1, 0.15) is 18.1 Å². The van der Waals surface area contributed by atoms with E-state index < -0.39 is 5.97 Å². The van der Waals surface area contributed by atoms with Crippen molar-refractivity contribution in [3.63, 3.8) is 0 Å². The standard InChI is InChI=1S/C18H23NO6/c1-23-14-3-4-16-11(6-14)5-12(10-25-16)18(22)19-9-15(24-2)7-13(19)8-17(20)21/h3-4,6,12-13,15H,5,7-10H2,1-2H3,(H,20,21). The van der Waals surface area contributed by atoms with E-state index in [4.69, 9.17) is 19.3 Å². The number of hydrogen-bond acceptors (Lipinski definition) is 5. The summed E-state index contributed by atoms with van der Waals surface area (Å²) in [6.45, 7) is 0.723. The van der Waals surface area contributed by atoms with Crippen molar-refractivity contribution in [3.8, 4) is 11.5 Å². The molecular formula is C18H23NO6. The zero-order valence-electron chi connectivity index (χ0n) is 14.4. The highest BCUT2D eigenvalue weighted by atomic mass is 16.5. The molecule has 0 spiro atoms. The molecule has 7 heteroatoms. The van der Waals surface area contributed by atoms with Crippen LogP contribution >= 0.6 is 0 Å². The molecule has 0 aromatic heterocycles. The Bertz CT molecular complexity index is 661. The van der Waals surface area contributed by atoms with E-state index in [0.29, 0.717) is 26.0 Å². The first-order valence-electron chi connectivity index (χ1n) is 8.36. The lowest BCUT2D eigenvalue weighted by molar-refractivity contribution is -0.142. The summed E-state index contributed by atoms with van der Waals surface area (Å²) in [6, 6.07) is 5.22. The van der Waals surface area contributed by atoms with Crippen molar-refractivity contribution in [2.45, 2.75) is 31.4 Å². The van der Waals surface area contributed by atoms with Crippen LogP contribution in [0.1, 0.15) is 18.4 Å². The molecule has 1 N–H and O–H groups in total. The van der Waals surface area contributed by atoms with E-state index in [-0.39, 0.29) is 30.4 Å². The van der Waals surface area contributed by atoms with E-state index in [0.717, 1.165) is 17.1 Å². The van der Waals surface area contributed by atoms with E-state index in [2.05, 4.69) is 0 Å². The fourth-order valence-electron chi connectivity index (χ4n) is 3.60. The topological polar surface area (TPSA) is 85.3 Å². The molecule has 3 unspecified atom stereocenters. The molecule has 1 aromatic carbocycles. The molecule has 136 valence electrons. The second-order valence-corrected chi connectivity index (χ2v) is 6.52. The van der Waals surface area contributed by atoms with Gasteiger partial charge in [-0.25, -0.2) is 0 Å². The van der Waals surface area contributed by atoms with Crippen molar-refractivity contribution in [2.24, 2.45) is 5.92 Å². The smallest absolute Gasteiger partial charge is 0.305 e. The van der Waals surface area contributed by atoms with Gasteiger partial charge in [-0.2, -0.15) is 0 Å². The lowest BCUT2D eigenvalue weighted by atomic mass is 9.95. The summed E-state index contributed by atoms with van der Waals surface area (Å²) in [6.07, 6.45) is 0.917. The van der Waals surface area contributed by atoms with Crippen molar-refractivity contribution < 1.29 is 28.9 Å². The summed E-state index contributed by atoms with van der Waals surface area (Å²) in [5.74, 6) is 0.184. The van der Waals surface area contributed by atoms with Crippen LogP contribution in [0, 0.1) is 5.92 Å². The highest BCUT2D eigenvalue weighted by Gasteiger charge is 2.40. The number of methoxy groups -OCH3 is 2. The normalized spacial score (nSPS) is 25.2. The summed E-state index contributed by atoms with van der Waals surface area (Å²) in [5.41, 5.74) is 0.932. The monoisotopic (exact) mass is 349 g/mol. The highest BCUT2D eigenvalue weighted by Crippen LogP contribution is 2.33. The van der Waals surface area contributed by atoms with Gasteiger partial charge in [0.2, 0.25) is 5.91 Å². The van der Waals surface area contributed by atoms with E-state index in [1.165, 1.54) is 0 Å². The molecular weight excluding hydrogens is 326 g/mol. The van der Waals surface area contributed by atoms with Crippen LogP contribution in [0.5, 0.6) is 11.5 Å². The Morgan fingerprint density at radius 3 is 2.84 bits per heavy atom. The Kier molecular flexibility index (Phi) is 5.13. The van der Waals surface area contributed by atoms with Crippen LogP contribution in [0.15, 0.2) is 18.2 Å². The molecule has 1 aromatic rings. The van der Waals surface area contributed by atoms with Gasteiger partial charge in [-0.05, 0) is 36.6 Å². The maximum absolute atomic E-state index is 13.0. The maximum atomic E-state index is 13.0. The fraction of sp³-hybridized carbons (Fsp3) is 0.556. The molecule has 1 fully saturated rings. The van der Waals surface area contributed by atoms with Crippen molar-refractivity contribution >= 4 is 11.9 Å². The van der Waals surface area contributed by atoms with E-state index in [9.17, 15) is 9.59 Å². The molecule has 0 saturated carbocycles. The number of nitrogens with zero attached hydrogens (tertiary/aromatic N) is 1. The molecule has 2 heterocycles. The number of aliphatic carboxylic acids is 1. The van der Waals surface area contributed by atoms with Crippen LogP contribution in [-0.2, 0) is 20.7 Å². The van der Waals surface area contributed by atoms with E-state index >= 15 is 0 Å². The number of rotatable bonds is 5. The van der Waals surface area contributed by atoms with Crippen LogP contribution in [-0.4, -0.2) is 61.4 Å². The van der Waals surface area contributed by atoms with Crippen LogP contribution in [0.2, 0.25) is 0 Å². The van der Waals surface area contributed by atoms with Crippen LogP contribution in [0.4, 0.5) is 0 Å². The summed E-state index contributed by atoms with van der Waals surface area (Å²) in [4.78, 5) is 25.7. The third-order valence-electron chi connectivity index (χ3n) is 4.93. The fourth-order valence-corrected chi connectivity index (χ4v) is 3.60. The van der Waals surface area contributed by atoms with Gasteiger partial charge in [-0.15, -0.1) is 0 Å². The molecule has 2 aliphatic heterocycles. The number of benzene rings is 1. The third-order valence-corrected chi connectivity index (χ3v) is 4.93. The average Bonchev–Trinajstić information content (AvgIpc) is 3.02. The van der Waals surface area contributed by atoms with Crippen molar-refractivity contribution in [2.75, 3.05) is 27.4 Å². The summed E-state index contributed by atoms with van der Waals surface area (Å²) in [5, 5.41) is 9.11. The van der Waals surface area contributed by atoms with Crippen molar-refractivity contribution in [3.05, 3.63) is 23.8 Å². The molecule has 25 heavy (non-hydrogen) atoms. The van der Waals surface area contributed by atoms with Gasteiger partial charge in [0.05, 0.1) is 25.6 Å². The molecule has 1 amide bonds. The number of carboxylic acid groups (broad SMARTS) is 1. The van der Waals surface area contributed by atoms with Gasteiger partial charge >= 0.3 is 5.97 Å². The SMILES string of the molecule is COc1ccc2c(c1)CC(C(=O)N1CC(OC)CC1CC(=O)O)CO2. The lowest BCUT2D eigenvalue weighted by Gasteiger charge is -2.31. The summed E-state index contributed by atoms with van der Waals surface area (Å²) in [7, 11) is 3.18. The quantitative estimate of drug-likeness (QED) is 0.863. The number of amides is 1. The van der Waals surface area contributed by atoms with E-state index in [1.54, 1.807) is 19.1 Å². The van der Waals surface area contributed by atoms with Gasteiger partial charge in [0.15, 0.2) is 0 Å². The molecule has 3 atom stereocenters. The predicted molar refractivity (Wildman–Crippen MR) is 88.9 cm³/mol. The summed E-state index contributed by atoms with van der Waals surface area (Å²) >= 11 is 0. The van der Waals surface area contributed by atoms with Gasteiger partial charge < -0.3 is 24.2 Å². The average molecular weight is 349 g/mol. The van der Waals surface area contributed by atoms with E-state index in [1.807, 2.05) is 18.2 Å². The number of carbonyl (C=O) groups is 2.